The number of ether oxygens (including phenoxy) is 1. The van der Waals surface area contributed by atoms with Crippen LogP contribution in [0.3, 0.4) is 0 Å². The molecule has 4 heteroatoms. The molecule has 0 amide bonds. The van der Waals surface area contributed by atoms with E-state index in [2.05, 4.69) is 0 Å². The van der Waals surface area contributed by atoms with E-state index in [1.54, 1.807) is 19.1 Å². The summed E-state index contributed by atoms with van der Waals surface area (Å²) < 4.78 is 4.99. The van der Waals surface area contributed by atoms with Crippen LogP contribution in [0.2, 0.25) is 0 Å². The first kappa shape index (κ1) is 15.4. The van der Waals surface area contributed by atoms with Crippen LogP contribution >= 0.6 is 0 Å². The lowest BCUT2D eigenvalue weighted by Crippen LogP contribution is -2.05. The van der Waals surface area contributed by atoms with E-state index in [0.717, 1.165) is 12.8 Å². The number of unbranched alkanes of at least 4 members (excludes halogenated alkanes) is 1. The average Bonchev–Trinajstić information content (AvgIpc) is 2.31. The van der Waals surface area contributed by atoms with Crippen molar-refractivity contribution in [2.24, 2.45) is 0 Å². The molecule has 1 rings (SSSR count). The highest BCUT2D eigenvalue weighted by Gasteiger charge is 2.05. The zero-order valence-corrected chi connectivity index (χ0v) is 10.3. The summed E-state index contributed by atoms with van der Waals surface area (Å²) in [6, 6.07) is 6.03. The summed E-state index contributed by atoms with van der Waals surface area (Å²) in [6.45, 7) is 4.42. The lowest BCUT2D eigenvalue weighted by atomic mass is 10.2. The fourth-order valence-electron chi connectivity index (χ4n) is 0.990. The number of carbonyl (C=O) groups is 1. The molecule has 0 spiro atoms. The first-order valence-electron chi connectivity index (χ1n) is 5.72. The molecule has 17 heavy (non-hydrogen) atoms. The van der Waals surface area contributed by atoms with Crippen molar-refractivity contribution in [3.05, 3.63) is 29.8 Å². The fourth-order valence-corrected chi connectivity index (χ4v) is 0.990. The predicted octanol–water partition coefficient (Wildman–Crippen LogP) is 2.35. The Labute approximate surface area is 102 Å². The predicted molar refractivity (Wildman–Crippen MR) is 66.1 cm³/mol. The van der Waals surface area contributed by atoms with Gasteiger partial charge in [0.15, 0.2) is 0 Å². The molecule has 0 aliphatic carbocycles. The molecule has 0 aliphatic rings. The van der Waals surface area contributed by atoms with Gasteiger partial charge in [-0.1, -0.05) is 13.3 Å². The molecule has 0 saturated carbocycles. The van der Waals surface area contributed by atoms with Gasteiger partial charge in [0.2, 0.25) is 0 Å². The van der Waals surface area contributed by atoms with Crippen molar-refractivity contribution in [1.82, 2.24) is 0 Å². The van der Waals surface area contributed by atoms with E-state index in [1.165, 1.54) is 12.1 Å². The van der Waals surface area contributed by atoms with Crippen molar-refractivity contribution < 1.29 is 19.7 Å². The topological polar surface area (TPSA) is 66.8 Å². The third kappa shape index (κ3) is 7.36. The van der Waals surface area contributed by atoms with Crippen LogP contribution in [-0.2, 0) is 4.74 Å². The van der Waals surface area contributed by atoms with Crippen molar-refractivity contribution in [3.8, 4) is 5.75 Å². The van der Waals surface area contributed by atoms with Crippen LogP contribution in [-0.4, -0.2) is 29.4 Å². The number of phenols is 1. The minimum Gasteiger partial charge on any atom is -0.508 e. The molecule has 0 unspecified atom stereocenters. The van der Waals surface area contributed by atoms with E-state index in [-0.39, 0.29) is 18.3 Å². The molecule has 1 aromatic carbocycles. The highest BCUT2D eigenvalue weighted by molar-refractivity contribution is 5.89. The van der Waals surface area contributed by atoms with Crippen LogP contribution in [0.15, 0.2) is 24.3 Å². The minimum atomic E-state index is -0.335. The number of benzene rings is 1. The Kier molecular flexibility index (Phi) is 8.78. The number of esters is 1. The molecule has 4 nitrogen and oxygen atoms in total. The molecule has 0 heterocycles. The molecule has 0 saturated heterocycles. The maximum atomic E-state index is 11.3. The first-order valence-corrected chi connectivity index (χ1v) is 5.72. The second-order valence-electron chi connectivity index (χ2n) is 3.35. The highest BCUT2D eigenvalue weighted by atomic mass is 16.5. The molecule has 96 valence electrons. The lowest BCUT2D eigenvalue weighted by Gasteiger charge is -2.03. The van der Waals surface area contributed by atoms with Crippen molar-refractivity contribution in [2.75, 3.05) is 13.2 Å². The van der Waals surface area contributed by atoms with Gasteiger partial charge in [-0.05, 0) is 37.6 Å². The number of rotatable bonds is 4. The summed E-state index contributed by atoms with van der Waals surface area (Å²) in [5.74, 6) is -0.187. The van der Waals surface area contributed by atoms with Crippen molar-refractivity contribution in [1.29, 1.82) is 0 Å². The summed E-state index contributed by atoms with van der Waals surface area (Å²) >= 11 is 0. The minimum absolute atomic E-state index is 0.148. The van der Waals surface area contributed by atoms with Crippen molar-refractivity contribution in [3.63, 3.8) is 0 Å². The maximum absolute atomic E-state index is 11.3. The SMILES string of the molecule is CCCCOC(=O)c1ccc(O)cc1.CCO. The van der Waals surface area contributed by atoms with E-state index in [0.29, 0.717) is 12.2 Å². The molecular weight excluding hydrogens is 220 g/mol. The molecule has 1 aromatic rings. The Bertz CT molecular complexity index is 306. The Hall–Kier alpha value is -1.55. The average molecular weight is 240 g/mol. The first-order chi connectivity index (χ1) is 8.15. The Morgan fingerprint density at radius 3 is 2.24 bits per heavy atom. The lowest BCUT2D eigenvalue weighted by molar-refractivity contribution is 0.0499. The van der Waals surface area contributed by atoms with Gasteiger partial charge in [-0.3, -0.25) is 0 Å². The zero-order valence-electron chi connectivity index (χ0n) is 10.3. The fraction of sp³-hybridized carbons (Fsp3) is 0.462. The summed E-state index contributed by atoms with van der Waals surface area (Å²) in [5, 5.41) is 16.6. The molecular formula is C13H20O4. The van der Waals surface area contributed by atoms with Gasteiger partial charge in [0, 0.05) is 6.61 Å². The Morgan fingerprint density at radius 1 is 1.24 bits per heavy atom. The molecule has 0 aliphatic heterocycles. The zero-order chi connectivity index (χ0) is 13.1. The van der Waals surface area contributed by atoms with Gasteiger partial charge < -0.3 is 14.9 Å². The number of hydrogen-bond donors (Lipinski definition) is 2. The van der Waals surface area contributed by atoms with Gasteiger partial charge >= 0.3 is 5.97 Å². The smallest absolute Gasteiger partial charge is 0.338 e. The van der Waals surface area contributed by atoms with Gasteiger partial charge in [-0.25, -0.2) is 4.79 Å². The van der Waals surface area contributed by atoms with Gasteiger partial charge in [-0.2, -0.15) is 0 Å². The number of aliphatic hydroxyl groups excluding tert-OH is 1. The van der Waals surface area contributed by atoms with Gasteiger partial charge in [0.25, 0.3) is 0 Å². The molecule has 2 N–H and O–H groups in total. The molecule has 0 aromatic heterocycles. The third-order valence-corrected chi connectivity index (χ3v) is 1.83. The van der Waals surface area contributed by atoms with Crippen LogP contribution in [0.5, 0.6) is 5.75 Å². The second kappa shape index (κ2) is 9.66. The maximum Gasteiger partial charge on any atom is 0.338 e. The number of aromatic hydroxyl groups is 1. The van der Waals surface area contributed by atoms with Crippen molar-refractivity contribution >= 4 is 5.97 Å². The van der Waals surface area contributed by atoms with Crippen LogP contribution in [0.25, 0.3) is 0 Å². The Morgan fingerprint density at radius 2 is 1.76 bits per heavy atom. The summed E-state index contributed by atoms with van der Waals surface area (Å²) in [4.78, 5) is 11.3. The van der Waals surface area contributed by atoms with E-state index in [9.17, 15) is 4.79 Å². The highest BCUT2D eigenvalue weighted by Crippen LogP contribution is 2.10. The molecule has 0 atom stereocenters. The standard InChI is InChI=1S/C11H14O3.C2H6O/c1-2-3-8-14-11(13)9-4-6-10(12)7-5-9;1-2-3/h4-7,12H,2-3,8H2,1H3;3H,2H2,1H3. The van der Waals surface area contributed by atoms with Crippen LogP contribution in [0.4, 0.5) is 0 Å². The van der Waals surface area contributed by atoms with Gasteiger partial charge in [-0.15, -0.1) is 0 Å². The largest absolute Gasteiger partial charge is 0.508 e. The number of aliphatic hydroxyl groups is 1. The number of carbonyl (C=O) groups excluding carboxylic acids is 1. The molecule has 0 fully saturated rings. The van der Waals surface area contributed by atoms with Crippen molar-refractivity contribution in [2.45, 2.75) is 26.7 Å². The van der Waals surface area contributed by atoms with Gasteiger partial charge in [0.1, 0.15) is 5.75 Å². The monoisotopic (exact) mass is 240 g/mol. The van der Waals surface area contributed by atoms with E-state index < -0.39 is 0 Å². The van der Waals surface area contributed by atoms with Crippen LogP contribution in [0.1, 0.15) is 37.0 Å². The van der Waals surface area contributed by atoms with Crippen LogP contribution < -0.4 is 0 Å². The summed E-state index contributed by atoms with van der Waals surface area (Å²) in [5.41, 5.74) is 0.471. The van der Waals surface area contributed by atoms with E-state index in [1.807, 2.05) is 6.92 Å². The number of hydrogen-bond acceptors (Lipinski definition) is 4. The quantitative estimate of drug-likeness (QED) is 0.626. The summed E-state index contributed by atoms with van der Waals surface area (Å²) in [6.07, 6.45) is 1.88. The second-order valence-corrected chi connectivity index (χ2v) is 3.35. The summed E-state index contributed by atoms with van der Waals surface area (Å²) in [7, 11) is 0. The van der Waals surface area contributed by atoms with Gasteiger partial charge in [0.05, 0.1) is 12.2 Å². The van der Waals surface area contributed by atoms with E-state index >= 15 is 0 Å². The van der Waals surface area contributed by atoms with Crippen LogP contribution in [0, 0.1) is 0 Å². The normalized spacial score (nSPS) is 9.12. The molecule has 0 bridgehead atoms. The Balaban J connectivity index is 0.000000770. The number of phenolic OH excluding ortho intramolecular Hbond substituents is 1. The third-order valence-electron chi connectivity index (χ3n) is 1.83. The molecule has 0 radical (unpaired) electrons. The van der Waals surface area contributed by atoms with E-state index in [4.69, 9.17) is 14.9 Å².